The summed E-state index contributed by atoms with van der Waals surface area (Å²) in [6.45, 7) is 18.2. The Morgan fingerprint density at radius 1 is 1.19 bits per heavy atom. The normalized spacial score (nSPS) is 17.9. The molecule has 0 radical (unpaired) electrons. The van der Waals surface area contributed by atoms with Crippen LogP contribution < -0.4 is 5.32 Å². The summed E-state index contributed by atoms with van der Waals surface area (Å²) in [5.74, 6) is 1.24. The minimum absolute atomic E-state index is 0.0473. The monoisotopic (exact) mass is 309 g/mol. The minimum atomic E-state index is 0.0473. The van der Waals surface area contributed by atoms with Gasteiger partial charge in [0.25, 0.3) is 0 Å². The Bertz CT molecular complexity index is 457. The van der Waals surface area contributed by atoms with Gasteiger partial charge in [0.2, 0.25) is 0 Å². The Balaban J connectivity index is 2.29. The molecule has 0 amide bonds. The van der Waals surface area contributed by atoms with Crippen molar-refractivity contribution in [2.75, 3.05) is 26.2 Å². The van der Waals surface area contributed by atoms with Gasteiger partial charge in [0, 0.05) is 31.1 Å². The van der Waals surface area contributed by atoms with Gasteiger partial charge < -0.3 is 5.32 Å². The first-order valence-electron chi connectivity index (χ1n) is 8.28. The van der Waals surface area contributed by atoms with E-state index in [2.05, 4.69) is 51.8 Å². The van der Waals surface area contributed by atoms with E-state index in [-0.39, 0.29) is 5.54 Å². The van der Waals surface area contributed by atoms with Crippen molar-refractivity contribution in [3.63, 3.8) is 0 Å². The maximum absolute atomic E-state index is 5.07. The minimum Gasteiger partial charge on any atom is -0.314 e. The molecule has 1 aromatic rings. The highest BCUT2D eigenvalue weighted by Gasteiger charge is 2.33. The summed E-state index contributed by atoms with van der Waals surface area (Å²) in [5, 5.41) is 4.74. The quantitative estimate of drug-likeness (QED) is 0.900. The summed E-state index contributed by atoms with van der Waals surface area (Å²) in [4.78, 5) is 9.14. The molecule has 1 aliphatic rings. The Morgan fingerprint density at radius 2 is 1.81 bits per heavy atom. The van der Waals surface area contributed by atoms with Crippen molar-refractivity contribution in [3.8, 4) is 0 Å². The fraction of sp³-hybridized carbons (Fsp3) is 0.824. The lowest BCUT2D eigenvalue weighted by Crippen LogP contribution is -2.51. The highest BCUT2D eigenvalue weighted by Crippen LogP contribution is 2.36. The van der Waals surface area contributed by atoms with Gasteiger partial charge in [-0.3, -0.25) is 4.90 Å². The number of nitrogens with one attached hydrogen (secondary N) is 1. The number of nitrogens with zero attached hydrogens (tertiary/aromatic N) is 2. The third kappa shape index (κ3) is 3.85. The zero-order valence-electron chi connectivity index (χ0n) is 14.5. The van der Waals surface area contributed by atoms with Gasteiger partial charge in [-0.2, -0.15) is 0 Å². The molecule has 4 heteroatoms. The predicted molar refractivity (Wildman–Crippen MR) is 92.2 cm³/mol. The molecule has 0 spiro atoms. The summed E-state index contributed by atoms with van der Waals surface area (Å²) in [7, 11) is 0. The molecule has 0 bridgehead atoms. The molecule has 1 aromatic heterocycles. The van der Waals surface area contributed by atoms with Gasteiger partial charge in [-0.05, 0) is 32.1 Å². The van der Waals surface area contributed by atoms with E-state index < -0.39 is 0 Å². The van der Waals surface area contributed by atoms with Crippen LogP contribution in [0, 0.1) is 5.92 Å². The van der Waals surface area contributed by atoms with Gasteiger partial charge in [-0.25, -0.2) is 4.98 Å². The molecular weight excluding hydrogens is 278 g/mol. The molecular formula is C17H31N3S. The highest BCUT2D eigenvalue weighted by molar-refractivity contribution is 7.12. The zero-order valence-corrected chi connectivity index (χ0v) is 15.3. The van der Waals surface area contributed by atoms with Crippen molar-refractivity contribution in [1.82, 2.24) is 15.2 Å². The molecule has 2 rings (SSSR count). The molecule has 3 nitrogen and oxygen atoms in total. The van der Waals surface area contributed by atoms with Gasteiger partial charge in [-0.1, -0.05) is 27.7 Å². The van der Waals surface area contributed by atoms with Crippen molar-refractivity contribution in [3.05, 3.63) is 15.6 Å². The molecule has 0 aliphatic carbocycles. The molecule has 120 valence electrons. The van der Waals surface area contributed by atoms with Gasteiger partial charge in [-0.15, -0.1) is 11.3 Å². The topological polar surface area (TPSA) is 28.2 Å². The average Bonchev–Trinajstić information content (AvgIpc) is 2.83. The number of hydrogen-bond acceptors (Lipinski definition) is 4. The van der Waals surface area contributed by atoms with E-state index in [1.807, 2.05) is 11.3 Å². The Kier molecular flexibility index (Phi) is 5.44. The molecule has 1 aliphatic heterocycles. The third-order valence-electron chi connectivity index (χ3n) is 4.28. The molecule has 1 saturated heterocycles. The van der Waals surface area contributed by atoms with Crippen LogP contribution in [-0.2, 0) is 12.0 Å². The van der Waals surface area contributed by atoms with Gasteiger partial charge in [0.15, 0.2) is 0 Å². The fourth-order valence-electron chi connectivity index (χ4n) is 2.97. The van der Waals surface area contributed by atoms with Gasteiger partial charge in [0.05, 0.1) is 11.2 Å². The van der Waals surface area contributed by atoms with Crippen LogP contribution in [0.1, 0.15) is 63.0 Å². The smallest absolute Gasteiger partial charge is 0.113 e. The van der Waals surface area contributed by atoms with Gasteiger partial charge in [0.1, 0.15) is 5.01 Å². The Morgan fingerprint density at radius 3 is 2.33 bits per heavy atom. The summed E-state index contributed by atoms with van der Waals surface area (Å²) in [6, 6.07) is 0. The first-order valence-corrected chi connectivity index (χ1v) is 9.10. The standard InChI is InChI=1S/C17H31N3S/c1-12(2)11-14-15(13(3)4)21-16(19-14)17(5,6)20-9-7-18-8-10-20/h12-13,18H,7-11H2,1-6H3. The Labute approximate surface area is 134 Å². The molecule has 2 heterocycles. The first kappa shape index (κ1) is 16.9. The molecule has 0 saturated carbocycles. The molecule has 0 atom stereocenters. The van der Waals surface area contributed by atoms with E-state index in [0.717, 1.165) is 32.6 Å². The number of piperazine rings is 1. The Hall–Kier alpha value is -0.450. The summed E-state index contributed by atoms with van der Waals surface area (Å²) in [5.41, 5.74) is 1.38. The van der Waals surface area contributed by atoms with Crippen LogP contribution in [0.2, 0.25) is 0 Å². The van der Waals surface area contributed by atoms with E-state index >= 15 is 0 Å². The summed E-state index contributed by atoms with van der Waals surface area (Å²) < 4.78 is 0. The molecule has 0 aromatic carbocycles. The van der Waals surface area contributed by atoms with Crippen LogP contribution in [0.5, 0.6) is 0 Å². The van der Waals surface area contributed by atoms with Gasteiger partial charge >= 0.3 is 0 Å². The lowest BCUT2D eigenvalue weighted by Gasteiger charge is -2.39. The van der Waals surface area contributed by atoms with Crippen LogP contribution in [0.15, 0.2) is 0 Å². The van der Waals surface area contributed by atoms with Crippen molar-refractivity contribution in [2.24, 2.45) is 5.92 Å². The molecule has 21 heavy (non-hydrogen) atoms. The lowest BCUT2D eigenvalue weighted by molar-refractivity contribution is 0.102. The highest BCUT2D eigenvalue weighted by atomic mass is 32.1. The first-order chi connectivity index (χ1) is 9.82. The van der Waals surface area contributed by atoms with Crippen molar-refractivity contribution in [1.29, 1.82) is 0 Å². The van der Waals surface area contributed by atoms with E-state index in [4.69, 9.17) is 4.98 Å². The largest absolute Gasteiger partial charge is 0.314 e. The molecule has 0 unspecified atom stereocenters. The van der Waals surface area contributed by atoms with Crippen LogP contribution >= 0.6 is 11.3 Å². The second-order valence-electron chi connectivity index (χ2n) is 7.38. The van der Waals surface area contributed by atoms with E-state index in [9.17, 15) is 0 Å². The number of thiazole rings is 1. The molecule has 1 N–H and O–H groups in total. The van der Waals surface area contributed by atoms with Crippen molar-refractivity contribution in [2.45, 2.75) is 59.4 Å². The summed E-state index contributed by atoms with van der Waals surface area (Å²) >= 11 is 1.94. The van der Waals surface area contributed by atoms with Crippen LogP contribution in [0.4, 0.5) is 0 Å². The van der Waals surface area contributed by atoms with Crippen LogP contribution in [-0.4, -0.2) is 36.1 Å². The van der Waals surface area contributed by atoms with E-state index in [1.54, 1.807) is 0 Å². The van der Waals surface area contributed by atoms with E-state index in [1.165, 1.54) is 15.6 Å². The third-order valence-corrected chi connectivity index (χ3v) is 6.00. The SMILES string of the molecule is CC(C)Cc1nc(C(C)(C)N2CCNCC2)sc1C(C)C. The summed E-state index contributed by atoms with van der Waals surface area (Å²) in [6.07, 6.45) is 1.10. The zero-order chi connectivity index (χ0) is 15.6. The fourth-order valence-corrected chi connectivity index (χ4v) is 4.19. The number of hydrogen-bond donors (Lipinski definition) is 1. The second kappa shape index (κ2) is 6.76. The second-order valence-corrected chi connectivity index (χ2v) is 8.41. The lowest BCUT2D eigenvalue weighted by atomic mass is 10.0. The number of rotatable bonds is 5. The predicted octanol–water partition coefficient (Wildman–Crippen LogP) is 3.61. The van der Waals surface area contributed by atoms with Crippen LogP contribution in [0.25, 0.3) is 0 Å². The van der Waals surface area contributed by atoms with Crippen molar-refractivity contribution < 1.29 is 0 Å². The van der Waals surface area contributed by atoms with Crippen molar-refractivity contribution >= 4 is 11.3 Å². The van der Waals surface area contributed by atoms with E-state index in [0.29, 0.717) is 11.8 Å². The van der Waals surface area contributed by atoms with Crippen LogP contribution in [0.3, 0.4) is 0 Å². The maximum Gasteiger partial charge on any atom is 0.113 e. The number of aromatic nitrogens is 1. The maximum atomic E-state index is 5.07. The molecule has 1 fully saturated rings. The average molecular weight is 310 g/mol.